The number of carbonyl (C=O) groups excluding carboxylic acids is 1. The van der Waals surface area contributed by atoms with Gasteiger partial charge in [0.15, 0.2) is 17.3 Å². The topological polar surface area (TPSA) is 44.8 Å². The van der Waals surface area contributed by atoms with Gasteiger partial charge in [-0.3, -0.25) is 4.79 Å². The number of hydrogen-bond donors (Lipinski definition) is 0. The van der Waals surface area contributed by atoms with Gasteiger partial charge in [-0.25, -0.2) is 4.39 Å². The number of ether oxygens (including phenoxy) is 3. The molecule has 0 aromatic heterocycles. The van der Waals surface area contributed by atoms with Gasteiger partial charge in [0.05, 0.1) is 14.2 Å². The zero-order valence-electron chi connectivity index (χ0n) is 20.4. The molecule has 3 aromatic carbocycles. The van der Waals surface area contributed by atoms with Gasteiger partial charge in [-0.05, 0) is 48.8 Å². The second kappa shape index (κ2) is 11.5. The van der Waals surface area contributed by atoms with E-state index in [9.17, 15) is 9.18 Å². The molecule has 1 atom stereocenters. The van der Waals surface area contributed by atoms with Crippen molar-refractivity contribution in [3.63, 3.8) is 0 Å². The summed E-state index contributed by atoms with van der Waals surface area (Å²) in [6, 6.07) is 18.3. The molecule has 1 unspecified atom stereocenters. The number of Topliss-reactive ketones (excluding diaryl/α,β-unsaturated/α-hetero) is 1. The Morgan fingerprint density at radius 3 is 2.26 bits per heavy atom. The highest BCUT2D eigenvalue weighted by molar-refractivity contribution is 7.48. The maximum Gasteiger partial charge on any atom is 0.166 e. The van der Waals surface area contributed by atoms with E-state index >= 15 is 0 Å². The number of rotatable bonds is 11. The SMILES string of the molecule is CCC(CC)(Pc1ccc(F)cc1C(C)=O)c1cc(OC)cc(OC)c1OCc1ccccc1. The van der Waals surface area contributed by atoms with Crippen LogP contribution in [0.1, 0.15) is 55.1 Å². The van der Waals surface area contributed by atoms with Crippen LogP contribution in [0.3, 0.4) is 0 Å². The summed E-state index contributed by atoms with van der Waals surface area (Å²) in [5.74, 6) is 1.36. The van der Waals surface area contributed by atoms with Gasteiger partial charge in [0.25, 0.3) is 0 Å². The smallest absolute Gasteiger partial charge is 0.166 e. The average molecular weight is 483 g/mol. The molecule has 4 nitrogen and oxygen atoms in total. The van der Waals surface area contributed by atoms with Gasteiger partial charge in [0.2, 0.25) is 0 Å². The van der Waals surface area contributed by atoms with E-state index in [2.05, 4.69) is 13.8 Å². The lowest BCUT2D eigenvalue weighted by Gasteiger charge is -2.35. The van der Waals surface area contributed by atoms with Crippen LogP contribution in [0.25, 0.3) is 0 Å². The fraction of sp³-hybridized carbons (Fsp3) is 0.321. The van der Waals surface area contributed by atoms with Crippen LogP contribution in [-0.4, -0.2) is 20.0 Å². The highest BCUT2D eigenvalue weighted by Gasteiger charge is 2.35. The van der Waals surface area contributed by atoms with Crippen LogP contribution in [0, 0.1) is 5.82 Å². The average Bonchev–Trinajstić information content (AvgIpc) is 2.87. The molecule has 0 spiro atoms. The highest BCUT2D eigenvalue weighted by Crippen LogP contribution is 2.53. The van der Waals surface area contributed by atoms with Crippen molar-refractivity contribution in [3.8, 4) is 17.2 Å². The number of benzene rings is 3. The number of halogens is 1. The fourth-order valence-corrected chi connectivity index (χ4v) is 5.87. The molecule has 6 heteroatoms. The molecule has 0 radical (unpaired) electrons. The van der Waals surface area contributed by atoms with Gasteiger partial charge < -0.3 is 14.2 Å². The van der Waals surface area contributed by atoms with Crippen molar-refractivity contribution >= 4 is 19.7 Å². The van der Waals surface area contributed by atoms with E-state index in [0.29, 0.717) is 29.4 Å². The lowest BCUT2D eigenvalue weighted by molar-refractivity contribution is 0.101. The van der Waals surface area contributed by atoms with Gasteiger partial charge >= 0.3 is 0 Å². The van der Waals surface area contributed by atoms with Crippen molar-refractivity contribution in [2.75, 3.05) is 14.2 Å². The first-order valence-electron chi connectivity index (χ1n) is 11.4. The van der Waals surface area contributed by atoms with Gasteiger partial charge in [0, 0.05) is 22.3 Å². The third-order valence-electron chi connectivity index (χ3n) is 6.17. The van der Waals surface area contributed by atoms with E-state index in [4.69, 9.17) is 14.2 Å². The van der Waals surface area contributed by atoms with E-state index in [-0.39, 0.29) is 19.5 Å². The minimum atomic E-state index is -0.410. The van der Waals surface area contributed by atoms with E-state index in [1.165, 1.54) is 19.1 Å². The Morgan fingerprint density at radius 2 is 1.68 bits per heavy atom. The molecule has 0 N–H and O–H groups in total. The monoisotopic (exact) mass is 482 g/mol. The summed E-state index contributed by atoms with van der Waals surface area (Å²) in [6.45, 7) is 6.12. The molecule has 0 aliphatic heterocycles. The zero-order valence-corrected chi connectivity index (χ0v) is 21.4. The van der Waals surface area contributed by atoms with Crippen molar-refractivity contribution in [3.05, 3.63) is 83.2 Å². The highest BCUT2D eigenvalue weighted by atomic mass is 31.1. The number of carbonyl (C=O) groups is 1. The Bertz CT molecular complexity index is 1130. The minimum absolute atomic E-state index is 0.146. The Hall–Kier alpha value is -2.91. The first kappa shape index (κ1) is 25.7. The summed E-state index contributed by atoms with van der Waals surface area (Å²) in [7, 11) is 3.45. The van der Waals surface area contributed by atoms with E-state index in [0.717, 1.165) is 29.3 Å². The van der Waals surface area contributed by atoms with E-state index < -0.39 is 5.82 Å². The Labute approximate surface area is 203 Å². The lowest BCUT2D eigenvalue weighted by Crippen LogP contribution is -2.25. The fourth-order valence-electron chi connectivity index (χ4n) is 4.13. The van der Waals surface area contributed by atoms with Gasteiger partial charge in [0.1, 0.15) is 18.2 Å². The maximum absolute atomic E-state index is 13.9. The predicted molar refractivity (Wildman–Crippen MR) is 137 cm³/mol. The van der Waals surface area contributed by atoms with Crippen molar-refractivity contribution < 1.29 is 23.4 Å². The molecule has 0 aliphatic rings. The molecule has 180 valence electrons. The molecular formula is C28H32FO4P. The Kier molecular flexibility index (Phi) is 8.68. The first-order valence-corrected chi connectivity index (χ1v) is 12.4. The number of ketones is 1. The standard InChI is InChI=1S/C28H32FO4P/c1-6-28(7-2,34-26-14-13-21(29)15-23(26)19(3)30)24-16-22(31-4)17-25(32-5)27(24)33-18-20-11-9-8-10-12-20/h8-17,34H,6-7,18H2,1-5H3. The molecule has 3 aromatic rings. The second-order valence-electron chi connectivity index (χ2n) is 8.14. The van der Waals surface area contributed by atoms with E-state index in [1.54, 1.807) is 20.3 Å². The zero-order chi connectivity index (χ0) is 24.7. The third kappa shape index (κ3) is 5.59. The van der Waals surface area contributed by atoms with Crippen molar-refractivity contribution in [1.82, 2.24) is 0 Å². The summed E-state index contributed by atoms with van der Waals surface area (Å²) in [6.07, 6.45) is 1.57. The molecule has 0 bridgehead atoms. The molecular weight excluding hydrogens is 450 g/mol. The molecule has 0 saturated heterocycles. The predicted octanol–water partition coefficient (Wildman–Crippen LogP) is 6.64. The summed E-state index contributed by atoms with van der Waals surface area (Å²) < 4.78 is 31.6. The molecule has 0 amide bonds. The summed E-state index contributed by atoms with van der Waals surface area (Å²) in [5, 5.41) is 0.476. The van der Waals surface area contributed by atoms with Crippen LogP contribution >= 0.6 is 8.58 Å². The summed E-state index contributed by atoms with van der Waals surface area (Å²) in [4.78, 5) is 12.3. The van der Waals surface area contributed by atoms with Crippen LogP contribution in [0.15, 0.2) is 60.7 Å². The van der Waals surface area contributed by atoms with Crippen LogP contribution in [0.5, 0.6) is 17.2 Å². The molecule has 3 rings (SSSR count). The second-order valence-corrected chi connectivity index (χ2v) is 9.89. The third-order valence-corrected chi connectivity index (χ3v) is 8.33. The summed E-state index contributed by atoms with van der Waals surface area (Å²) >= 11 is 0. The van der Waals surface area contributed by atoms with Crippen LogP contribution < -0.4 is 19.5 Å². The number of hydrogen-bond acceptors (Lipinski definition) is 4. The van der Waals surface area contributed by atoms with Gasteiger partial charge in [-0.2, -0.15) is 0 Å². The molecule has 0 heterocycles. The first-order chi connectivity index (χ1) is 16.4. The Morgan fingerprint density at radius 1 is 0.971 bits per heavy atom. The number of methoxy groups -OCH3 is 2. The maximum atomic E-state index is 13.9. The van der Waals surface area contributed by atoms with Crippen molar-refractivity contribution in [2.24, 2.45) is 0 Å². The molecule has 0 fully saturated rings. The summed E-state index contributed by atoms with van der Waals surface area (Å²) in [5.41, 5.74) is 2.43. The van der Waals surface area contributed by atoms with Gasteiger partial charge in [-0.15, -0.1) is 0 Å². The normalized spacial score (nSPS) is 11.6. The van der Waals surface area contributed by atoms with Crippen molar-refractivity contribution in [1.29, 1.82) is 0 Å². The van der Waals surface area contributed by atoms with Crippen LogP contribution in [0.4, 0.5) is 4.39 Å². The quantitative estimate of drug-likeness (QED) is 0.227. The Balaban J connectivity index is 2.15. The van der Waals surface area contributed by atoms with Crippen molar-refractivity contribution in [2.45, 2.75) is 45.4 Å². The largest absolute Gasteiger partial charge is 0.497 e. The van der Waals surface area contributed by atoms with Crippen LogP contribution in [-0.2, 0) is 11.8 Å². The molecule has 0 aliphatic carbocycles. The molecule has 0 saturated carbocycles. The molecule has 34 heavy (non-hydrogen) atoms. The lowest BCUT2D eigenvalue weighted by atomic mass is 9.91. The van der Waals surface area contributed by atoms with E-state index in [1.807, 2.05) is 42.5 Å². The minimum Gasteiger partial charge on any atom is -0.497 e. The van der Waals surface area contributed by atoms with Gasteiger partial charge in [-0.1, -0.05) is 58.8 Å². The van der Waals surface area contributed by atoms with Crippen LogP contribution in [0.2, 0.25) is 0 Å².